The fourth-order valence-corrected chi connectivity index (χ4v) is 2.23. The van der Waals surface area contributed by atoms with Gasteiger partial charge in [0.05, 0.1) is 18.2 Å². The van der Waals surface area contributed by atoms with Crippen LogP contribution < -0.4 is 10.1 Å². The summed E-state index contributed by atoms with van der Waals surface area (Å²) in [6.45, 7) is 3.90. The number of hydrogen-bond acceptors (Lipinski definition) is 3. The van der Waals surface area contributed by atoms with Gasteiger partial charge < -0.3 is 14.6 Å². The Hall–Kier alpha value is -1.88. The topological polar surface area (TPSA) is 39.1 Å². The zero-order chi connectivity index (χ0) is 14.7. The lowest BCUT2D eigenvalue weighted by molar-refractivity contribution is 0.280. The summed E-state index contributed by atoms with van der Waals surface area (Å²) in [4.78, 5) is 4.07. The van der Waals surface area contributed by atoms with Gasteiger partial charge in [0.2, 0.25) is 0 Å². The van der Waals surface area contributed by atoms with Crippen molar-refractivity contribution in [3.05, 3.63) is 47.8 Å². The van der Waals surface area contributed by atoms with Crippen LogP contribution in [0.5, 0.6) is 5.75 Å². The molecule has 0 saturated heterocycles. The minimum Gasteiger partial charge on any atom is -0.484 e. The van der Waals surface area contributed by atoms with Gasteiger partial charge in [0.25, 0.3) is 0 Å². The van der Waals surface area contributed by atoms with Gasteiger partial charge in [0.15, 0.2) is 11.6 Å². The Morgan fingerprint density at radius 3 is 3.00 bits per heavy atom. The molecular weight excluding hydrogens is 269 g/mol. The molecule has 1 saturated carbocycles. The van der Waals surface area contributed by atoms with Gasteiger partial charge in [-0.15, -0.1) is 0 Å². The predicted molar refractivity (Wildman–Crippen MR) is 78.5 cm³/mol. The van der Waals surface area contributed by atoms with Crippen LogP contribution in [0.25, 0.3) is 0 Å². The largest absolute Gasteiger partial charge is 0.484 e. The van der Waals surface area contributed by atoms with E-state index in [1.165, 1.54) is 12.8 Å². The minimum absolute atomic E-state index is 0.286. The summed E-state index contributed by atoms with van der Waals surface area (Å²) >= 11 is 0. The number of hydrogen-bond donors (Lipinski definition) is 1. The molecule has 1 aromatic heterocycles. The Kier molecular flexibility index (Phi) is 4.20. The zero-order valence-electron chi connectivity index (χ0n) is 12.2. The minimum atomic E-state index is -0.312. The maximum Gasteiger partial charge on any atom is 0.165 e. The Morgan fingerprint density at radius 2 is 2.29 bits per heavy atom. The van der Waals surface area contributed by atoms with Crippen LogP contribution in [-0.2, 0) is 19.7 Å². The molecule has 1 heterocycles. The third kappa shape index (κ3) is 3.61. The van der Waals surface area contributed by atoms with E-state index in [1.807, 2.05) is 17.6 Å². The first-order chi connectivity index (χ1) is 10.3. The molecule has 2 aromatic rings. The Balaban J connectivity index is 1.59. The van der Waals surface area contributed by atoms with Crippen LogP contribution in [0.1, 0.15) is 31.0 Å². The van der Waals surface area contributed by atoms with E-state index in [1.54, 1.807) is 24.7 Å². The van der Waals surface area contributed by atoms with E-state index in [2.05, 4.69) is 10.3 Å². The summed E-state index contributed by atoms with van der Waals surface area (Å²) in [6.07, 6.45) is 5.96. The molecule has 4 nitrogen and oxygen atoms in total. The second kappa shape index (κ2) is 6.26. The van der Waals surface area contributed by atoms with Crippen molar-refractivity contribution in [3.63, 3.8) is 0 Å². The summed E-state index contributed by atoms with van der Waals surface area (Å²) in [5, 5.41) is 3.37. The molecule has 1 aromatic carbocycles. The molecule has 1 fully saturated rings. The quantitative estimate of drug-likeness (QED) is 0.852. The highest BCUT2D eigenvalue weighted by atomic mass is 19.1. The van der Waals surface area contributed by atoms with Gasteiger partial charge in [-0.05, 0) is 37.5 Å². The Morgan fingerprint density at radius 1 is 1.43 bits per heavy atom. The lowest BCUT2D eigenvalue weighted by Crippen LogP contribution is -2.15. The first kappa shape index (κ1) is 14.1. The standard InChI is InChI=1S/C16H20FN3O/c1-2-20-11-18-9-14(20)10-21-16-6-3-12(7-15(16)17)8-19-13-4-5-13/h3,6-7,9,11,13,19H,2,4-5,8,10H2,1H3. The average Bonchev–Trinajstić information content (AvgIpc) is 3.21. The highest BCUT2D eigenvalue weighted by Crippen LogP contribution is 2.22. The van der Waals surface area contributed by atoms with Gasteiger partial charge in [0.1, 0.15) is 6.61 Å². The van der Waals surface area contributed by atoms with E-state index >= 15 is 0 Å². The molecule has 1 aliphatic rings. The summed E-state index contributed by atoms with van der Waals surface area (Å²) in [6, 6.07) is 5.77. The number of halogens is 1. The van der Waals surface area contributed by atoms with Crippen LogP contribution >= 0.6 is 0 Å². The van der Waals surface area contributed by atoms with Crippen molar-refractivity contribution in [1.82, 2.24) is 14.9 Å². The average molecular weight is 289 g/mol. The monoisotopic (exact) mass is 289 g/mol. The molecule has 0 bridgehead atoms. The highest BCUT2D eigenvalue weighted by molar-refractivity contribution is 5.29. The van der Waals surface area contributed by atoms with E-state index < -0.39 is 0 Å². The van der Waals surface area contributed by atoms with Crippen LogP contribution in [0.3, 0.4) is 0 Å². The van der Waals surface area contributed by atoms with Crippen LogP contribution in [0.2, 0.25) is 0 Å². The molecule has 5 heteroatoms. The first-order valence-electron chi connectivity index (χ1n) is 7.40. The fourth-order valence-electron chi connectivity index (χ4n) is 2.23. The van der Waals surface area contributed by atoms with Gasteiger partial charge in [-0.2, -0.15) is 0 Å². The van der Waals surface area contributed by atoms with E-state index in [0.717, 1.165) is 17.8 Å². The van der Waals surface area contributed by atoms with Crippen molar-refractivity contribution in [2.75, 3.05) is 0 Å². The number of nitrogens with one attached hydrogen (secondary N) is 1. The molecule has 21 heavy (non-hydrogen) atoms. The molecule has 0 spiro atoms. The highest BCUT2D eigenvalue weighted by Gasteiger charge is 2.20. The summed E-state index contributed by atoms with van der Waals surface area (Å²) in [5.41, 5.74) is 1.89. The zero-order valence-corrected chi connectivity index (χ0v) is 12.2. The normalized spacial score (nSPS) is 14.4. The smallest absolute Gasteiger partial charge is 0.165 e. The summed E-state index contributed by atoms with van der Waals surface area (Å²) in [7, 11) is 0. The van der Waals surface area contributed by atoms with Gasteiger partial charge in [-0.25, -0.2) is 9.37 Å². The van der Waals surface area contributed by atoms with Crippen molar-refractivity contribution in [3.8, 4) is 5.75 Å². The SMILES string of the molecule is CCn1cncc1COc1ccc(CNC2CC2)cc1F. The van der Waals surface area contributed by atoms with E-state index in [0.29, 0.717) is 19.2 Å². The fraction of sp³-hybridized carbons (Fsp3) is 0.438. The van der Waals surface area contributed by atoms with Crippen LogP contribution in [0.4, 0.5) is 4.39 Å². The number of nitrogens with zero attached hydrogens (tertiary/aromatic N) is 2. The number of aryl methyl sites for hydroxylation is 1. The Labute approximate surface area is 124 Å². The second-order valence-electron chi connectivity index (χ2n) is 5.38. The van der Waals surface area contributed by atoms with Gasteiger partial charge >= 0.3 is 0 Å². The molecule has 0 aliphatic heterocycles. The van der Waals surface area contributed by atoms with Crippen molar-refractivity contribution >= 4 is 0 Å². The Bertz CT molecular complexity index is 607. The van der Waals surface area contributed by atoms with Crippen molar-refractivity contribution in [2.24, 2.45) is 0 Å². The first-order valence-corrected chi connectivity index (χ1v) is 7.40. The lowest BCUT2D eigenvalue weighted by Gasteiger charge is -2.10. The van der Waals surface area contributed by atoms with Gasteiger partial charge in [0, 0.05) is 19.1 Å². The maximum absolute atomic E-state index is 14.0. The molecule has 112 valence electrons. The number of benzene rings is 1. The summed E-state index contributed by atoms with van der Waals surface area (Å²) in [5.74, 6) is -0.0262. The van der Waals surface area contributed by atoms with Gasteiger partial charge in [-0.3, -0.25) is 0 Å². The maximum atomic E-state index is 14.0. The second-order valence-corrected chi connectivity index (χ2v) is 5.38. The third-order valence-electron chi connectivity index (χ3n) is 3.68. The van der Waals surface area contributed by atoms with E-state index in [4.69, 9.17) is 4.74 Å². The molecule has 0 unspecified atom stereocenters. The number of ether oxygens (including phenoxy) is 1. The predicted octanol–water partition coefficient (Wildman–Crippen LogP) is 2.87. The molecule has 3 rings (SSSR count). The van der Waals surface area contributed by atoms with Crippen molar-refractivity contribution < 1.29 is 9.13 Å². The number of rotatable bonds is 7. The molecule has 0 atom stereocenters. The van der Waals surface area contributed by atoms with Crippen LogP contribution in [-0.4, -0.2) is 15.6 Å². The van der Waals surface area contributed by atoms with Crippen LogP contribution in [0, 0.1) is 5.82 Å². The van der Waals surface area contributed by atoms with Crippen molar-refractivity contribution in [1.29, 1.82) is 0 Å². The molecule has 0 radical (unpaired) electrons. The summed E-state index contributed by atoms with van der Waals surface area (Å²) < 4.78 is 21.6. The third-order valence-corrected chi connectivity index (χ3v) is 3.68. The lowest BCUT2D eigenvalue weighted by atomic mass is 10.2. The molecule has 1 N–H and O–H groups in total. The van der Waals surface area contributed by atoms with Crippen molar-refractivity contribution in [2.45, 2.75) is 45.5 Å². The molecule has 1 aliphatic carbocycles. The number of aromatic nitrogens is 2. The van der Waals surface area contributed by atoms with E-state index in [-0.39, 0.29) is 11.6 Å². The van der Waals surface area contributed by atoms with E-state index in [9.17, 15) is 4.39 Å². The molecule has 0 amide bonds. The van der Waals surface area contributed by atoms with Crippen LogP contribution in [0.15, 0.2) is 30.7 Å². The number of imidazole rings is 1. The molecular formula is C16H20FN3O. The van der Waals surface area contributed by atoms with Gasteiger partial charge in [-0.1, -0.05) is 6.07 Å².